The molecule has 0 radical (unpaired) electrons. The maximum atomic E-state index is 11.8. The molecule has 21 heavy (non-hydrogen) atoms. The number of hydrogen-bond acceptors (Lipinski definition) is 3. The van der Waals surface area contributed by atoms with E-state index in [1.54, 1.807) is 12.1 Å². The second-order valence-corrected chi connectivity index (χ2v) is 4.83. The van der Waals surface area contributed by atoms with Gasteiger partial charge in [0.05, 0.1) is 12.3 Å². The molecule has 110 valence electrons. The maximum Gasteiger partial charge on any atom is 0.224 e. The Morgan fingerprint density at radius 1 is 1.19 bits per heavy atom. The molecule has 0 aliphatic heterocycles. The second kappa shape index (κ2) is 7.33. The van der Waals surface area contributed by atoms with E-state index in [-0.39, 0.29) is 11.7 Å². The van der Waals surface area contributed by atoms with Crippen LogP contribution >= 0.6 is 0 Å². The van der Waals surface area contributed by atoms with Gasteiger partial charge in [-0.3, -0.25) is 4.79 Å². The average molecular weight is 285 g/mol. The number of aromatic hydroxyl groups is 1. The van der Waals surface area contributed by atoms with Gasteiger partial charge in [-0.25, -0.2) is 0 Å². The number of aryl methyl sites for hydroxylation is 1. The third kappa shape index (κ3) is 4.84. The number of amides is 1. The Morgan fingerprint density at radius 2 is 1.95 bits per heavy atom. The Morgan fingerprint density at radius 3 is 2.67 bits per heavy atom. The summed E-state index contributed by atoms with van der Waals surface area (Å²) in [5.74, 6) is 0.754. The zero-order chi connectivity index (χ0) is 15.1. The third-order valence-electron chi connectivity index (χ3n) is 2.99. The van der Waals surface area contributed by atoms with E-state index in [1.807, 2.05) is 43.3 Å². The summed E-state index contributed by atoms with van der Waals surface area (Å²) in [6.45, 7) is 2.36. The standard InChI is InChI=1S/C17H19NO3/c1-13-9-10-15(16(19)12-13)18-17(20)8-5-11-21-14-6-3-2-4-7-14/h2-4,6-7,9-10,12,19H,5,8,11H2,1H3,(H,18,20). The lowest BCUT2D eigenvalue weighted by atomic mass is 10.2. The van der Waals surface area contributed by atoms with Crippen molar-refractivity contribution < 1.29 is 14.6 Å². The van der Waals surface area contributed by atoms with Crippen LogP contribution in [0.15, 0.2) is 48.5 Å². The zero-order valence-corrected chi connectivity index (χ0v) is 12.0. The van der Waals surface area contributed by atoms with Crippen molar-refractivity contribution in [3.63, 3.8) is 0 Å². The minimum atomic E-state index is -0.134. The van der Waals surface area contributed by atoms with Crippen LogP contribution in [0.5, 0.6) is 11.5 Å². The summed E-state index contributed by atoms with van der Waals surface area (Å²) in [7, 11) is 0. The van der Waals surface area contributed by atoms with Crippen molar-refractivity contribution in [2.24, 2.45) is 0 Å². The smallest absolute Gasteiger partial charge is 0.224 e. The molecular formula is C17H19NO3. The van der Waals surface area contributed by atoms with E-state index in [1.165, 1.54) is 0 Å². The molecule has 0 saturated carbocycles. The number of carbonyl (C=O) groups excluding carboxylic acids is 1. The fourth-order valence-corrected chi connectivity index (χ4v) is 1.90. The Balaban J connectivity index is 1.72. The number of phenols is 1. The SMILES string of the molecule is Cc1ccc(NC(=O)CCCOc2ccccc2)c(O)c1. The molecule has 1 amide bonds. The molecule has 0 aromatic heterocycles. The molecule has 2 N–H and O–H groups in total. The van der Waals surface area contributed by atoms with Crippen molar-refractivity contribution in [1.29, 1.82) is 0 Å². The summed E-state index contributed by atoms with van der Waals surface area (Å²) in [6, 6.07) is 14.7. The highest BCUT2D eigenvalue weighted by Crippen LogP contribution is 2.24. The number of carbonyl (C=O) groups is 1. The van der Waals surface area contributed by atoms with Crippen LogP contribution in [-0.4, -0.2) is 17.6 Å². The van der Waals surface area contributed by atoms with E-state index in [9.17, 15) is 9.90 Å². The topological polar surface area (TPSA) is 58.6 Å². The number of anilines is 1. The average Bonchev–Trinajstić information content (AvgIpc) is 2.48. The van der Waals surface area contributed by atoms with Gasteiger partial charge in [0.25, 0.3) is 0 Å². The summed E-state index contributed by atoms with van der Waals surface area (Å²) >= 11 is 0. The zero-order valence-electron chi connectivity index (χ0n) is 12.0. The van der Waals surface area contributed by atoms with E-state index in [0.717, 1.165) is 11.3 Å². The number of para-hydroxylation sites is 1. The van der Waals surface area contributed by atoms with Crippen molar-refractivity contribution >= 4 is 11.6 Å². The van der Waals surface area contributed by atoms with Gasteiger partial charge in [-0.1, -0.05) is 24.3 Å². The summed E-state index contributed by atoms with van der Waals surface area (Å²) in [5.41, 5.74) is 1.39. The van der Waals surface area contributed by atoms with Crippen LogP contribution in [0.3, 0.4) is 0 Å². The molecule has 0 heterocycles. The molecule has 0 aliphatic rings. The van der Waals surface area contributed by atoms with E-state index in [0.29, 0.717) is 25.1 Å². The predicted molar refractivity (Wildman–Crippen MR) is 82.6 cm³/mol. The Kier molecular flexibility index (Phi) is 5.21. The molecule has 0 aliphatic carbocycles. The number of ether oxygens (including phenoxy) is 1. The Hall–Kier alpha value is -2.49. The van der Waals surface area contributed by atoms with Gasteiger partial charge in [0.2, 0.25) is 5.91 Å². The van der Waals surface area contributed by atoms with Crippen LogP contribution < -0.4 is 10.1 Å². The molecule has 2 rings (SSSR count). The number of phenolic OH excluding ortho intramolecular Hbond substituents is 1. The van der Waals surface area contributed by atoms with Crippen LogP contribution in [0.1, 0.15) is 18.4 Å². The van der Waals surface area contributed by atoms with Gasteiger partial charge in [-0.05, 0) is 43.2 Å². The molecule has 0 spiro atoms. The summed E-state index contributed by atoms with van der Waals surface area (Å²) in [4.78, 5) is 11.8. The quantitative estimate of drug-likeness (QED) is 0.631. The van der Waals surface area contributed by atoms with Crippen LogP contribution in [0.4, 0.5) is 5.69 Å². The van der Waals surface area contributed by atoms with E-state index in [4.69, 9.17) is 4.74 Å². The number of hydrogen-bond donors (Lipinski definition) is 2. The molecule has 0 fully saturated rings. The van der Waals surface area contributed by atoms with E-state index >= 15 is 0 Å². The first-order valence-electron chi connectivity index (χ1n) is 6.92. The number of nitrogens with one attached hydrogen (secondary N) is 1. The molecule has 4 heteroatoms. The van der Waals surface area contributed by atoms with Crippen LogP contribution in [0.25, 0.3) is 0 Å². The normalized spacial score (nSPS) is 10.1. The Labute approximate surface area is 124 Å². The van der Waals surface area contributed by atoms with Crippen LogP contribution in [-0.2, 0) is 4.79 Å². The fraction of sp³-hybridized carbons (Fsp3) is 0.235. The molecule has 2 aromatic carbocycles. The van der Waals surface area contributed by atoms with Gasteiger partial charge < -0.3 is 15.2 Å². The minimum absolute atomic E-state index is 0.0869. The molecule has 0 saturated heterocycles. The largest absolute Gasteiger partial charge is 0.506 e. The lowest BCUT2D eigenvalue weighted by Crippen LogP contribution is -2.13. The molecule has 0 atom stereocenters. The molecular weight excluding hydrogens is 266 g/mol. The molecule has 0 bridgehead atoms. The molecule has 0 unspecified atom stereocenters. The first-order chi connectivity index (χ1) is 10.1. The number of rotatable bonds is 6. The monoisotopic (exact) mass is 285 g/mol. The third-order valence-corrected chi connectivity index (χ3v) is 2.99. The highest BCUT2D eigenvalue weighted by molar-refractivity contribution is 5.92. The van der Waals surface area contributed by atoms with Crippen LogP contribution in [0.2, 0.25) is 0 Å². The highest BCUT2D eigenvalue weighted by atomic mass is 16.5. The minimum Gasteiger partial charge on any atom is -0.506 e. The summed E-state index contributed by atoms with van der Waals surface area (Å²) in [6.07, 6.45) is 0.966. The van der Waals surface area contributed by atoms with Gasteiger partial charge in [0.1, 0.15) is 11.5 Å². The fourth-order valence-electron chi connectivity index (χ4n) is 1.90. The molecule has 4 nitrogen and oxygen atoms in total. The second-order valence-electron chi connectivity index (χ2n) is 4.83. The van der Waals surface area contributed by atoms with Gasteiger partial charge in [0, 0.05) is 6.42 Å². The van der Waals surface area contributed by atoms with Gasteiger partial charge in [0.15, 0.2) is 0 Å². The predicted octanol–water partition coefficient (Wildman–Crippen LogP) is 3.50. The van der Waals surface area contributed by atoms with Crippen molar-refractivity contribution in [2.75, 3.05) is 11.9 Å². The maximum absolute atomic E-state index is 11.8. The van der Waals surface area contributed by atoms with Gasteiger partial charge in [-0.2, -0.15) is 0 Å². The Bertz CT molecular complexity index is 596. The van der Waals surface area contributed by atoms with Crippen molar-refractivity contribution in [3.05, 3.63) is 54.1 Å². The van der Waals surface area contributed by atoms with Crippen LogP contribution in [0, 0.1) is 6.92 Å². The molecule has 2 aromatic rings. The summed E-state index contributed by atoms with van der Waals surface area (Å²) < 4.78 is 5.52. The van der Waals surface area contributed by atoms with Gasteiger partial charge >= 0.3 is 0 Å². The highest BCUT2D eigenvalue weighted by Gasteiger charge is 2.06. The lowest BCUT2D eigenvalue weighted by Gasteiger charge is -2.08. The van der Waals surface area contributed by atoms with E-state index in [2.05, 4.69) is 5.32 Å². The van der Waals surface area contributed by atoms with Crippen molar-refractivity contribution in [2.45, 2.75) is 19.8 Å². The van der Waals surface area contributed by atoms with Crippen molar-refractivity contribution in [1.82, 2.24) is 0 Å². The van der Waals surface area contributed by atoms with Gasteiger partial charge in [-0.15, -0.1) is 0 Å². The van der Waals surface area contributed by atoms with Crippen molar-refractivity contribution in [3.8, 4) is 11.5 Å². The first kappa shape index (κ1) is 14.9. The lowest BCUT2D eigenvalue weighted by molar-refractivity contribution is -0.116. The number of benzene rings is 2. The van der Waals surface area contributed by atoms with E-state index < -0.39 is 0 Å². The first-order valence-corrected chi connectivity index (χ1v) is 6.92. The summed E-state index contributed by atoms with van der Waals surface area (Å²) in [5, 5.41) is 12.4.